The number of hydrogen-bond donors (Lipinski definition) is 3. The maximum Gasteiger partial charge on any atom is 0.418 e. The van der Waals surface area contributed by atoms with Gasteiger partial charge in [0.2, 0.25) is 0 Å². The lowest BCUT2D eigenvalue weighted by Gasteiger charge is -2.13. The normalized spacial score (nSPS) is 11.1. The van der Waals surface area contributed by atoms with Crippen LogP contribution in [-0.2, 0) is 20.6 Å². The number of carbonyl (C=O) groups excluding carboxylic acids is 3. The highest BCUT2D eigenvalue weighted by Gasteiger charge is 2.33. The molecule has 3 amide bonds. The first kappa shape index (κ1) is 25.9. The van der Waals surface area contributed by atoms with E-state index in [0.29, 0.717) is 11.3 Å². The zero-order valence-electron chi connectivity index (χ0n) is 18.9. The molecule has 0 aromatic heterocycles. The van der Waals surface area contributed by atoms with E-state index in [9.17, 15) is 27.6 Å². The van der Waals surface area contributed by atoms with E-state index in [-0.39, 0.29) is 11.4 Å². The topological polar surface area (TPSA) is 109 Å². The van der Waals surface area contributed by atoms with Crippen LogP contribution in [0.3, 0.4) is 0 Å². The fourth-order valence-electron chi connectivity index (χ4n) is 2.93. The van der Waals surface area contributed by atoms with Crippen molar-refractivity contribution in [3.8, 4) is 5.75 Å². The number of rotatable bonds is 7. The van der Waals surface area contributed by atoms with Crippen molar-refractivity contribution >= 4 is 35.3 Å². The molecule has 186 valence electrons. The zero-order valence-corrected chi connectivity index (χ0v) is 18.9. The Morgan fingerprint density at radius 3 is 2.17 bits per heavy atom. The first-order valence-electron chi connectivity index (χ1n) is 10.5. The molecule has 0 aliphatic carbocycles. The maximum absolute atomic E-state index is 13.0. The molecule has 3 rings (SSSR count). The number of halogens is 3. The number of hydrogen-bond acceptors (Lipinski definition) is 5. The van der Waals surface area contributed by atoms with E-state index < -0.39 is 36.1 Å². The molecule has 0 unspecified atom stereocenters. The Kier molecular flexibility index (Phi) is 8.39. The largest absolute Gasteiger partial charge is 0.484 e. The Morgan fingerprint density at radius 1 is 0.861 bits per heavy atom. The molecule has 0 aliphatic heterocycles. The summed E-state index contributed by atoms with van der Waals surface area (Å²) in [5, 5.41) is 8.39. The van der Waals surface area contributed by atoms with Crippen LogP contribution in [0.1, 0.15) is 16.7 Å². The van der Waals surface area contributed by atoms with Crippen molar-refractivity contribution in [2.24, 2.45) is 5.10 Å². The molecule has 0 atom stereocenters. The van der Waals surface area contributed by atoms with Gasteiger partial charge < -0.3 is 15.4 Å². The Bertz CT molecular complexity index is 1270. The van der Waals surface area contributed by atoms with Crippen LogP contribution >= 0.6 is 0 Å². The van der Waals surface area contributed by atoms with E-state index in [2.05, 4.69) is 21.2 Å². The van der Waals surface area contributed by atoms with Crippen molar-refractivity contribution in [3.05, 3.63) is 89.5 Å². The lowest BCUT2D eigenvalue weighted by atomic mass is 10.1. The molecular weight excluding hydrogens is 477 g/mol. The molecule has 0 fully saturated rings. The third-order valence-electron chi connectivity index (χ3n) is 4.74. The van der Waals surface area contributed by atoms with Crippen LogP contribution in [0.15, 0.2) is 77.9 Å². The second-order valence-electron chi connectivity index (χ2n) is 7.42. The van der Waals surface area contributed by atoms with Gasteiger partial charge in [0.15, 0.2) is 6.61 Å². The molecule has 0 spiro atoms. The second kappa shape index (κ2) is 11.6. The van der Waals surface area contributed by atoms with Crippen molar-refractivity contribution in [2.45, 2.75) is 13.1 Å². The van der Waals surface area contributed by atoms with Crippen LogP contribution < -0.4 is 20.8 Å². The smallest absolute Gasteiger partial charge is 0.418 e. The van der Waals surface area contributed by atoms with Gasteiger partial charge in [-0.2, -0.15) is 18.3 Å². The Morgan fingerprint density at radius 2 is 1.50 bits per heavy atom. The van der Waals surface area contributed by atoms with Gasteiger partial charge in [-0.1, -0.05) is 30.3 Å². The van der Waals surface area contributed by atoms with Gasteiger partial charge in [-0.3, -0.25) is 14.4 Å². The van der Waals surface area contributed by atoms with E-state index in [1.54, 1.807) is 43.3 Å². The fourth-order valence-corrected chi connectivity index (χ4v) is 2.93. The summed E-state index contributed by atoms with van der Waals surface area (Å²) in [5.41, 5.74) is 2.66. The van der Waals surface area contributed by atoms with Crippen LogP contribution in [0, 0.1) is 6.92 Å². The van der Waals surface area contributed by atoms with Crippen LogP contribution in [0.2, 0.25) is 0 Å². The molecule has 0 aliphatic rings. The number of nitrogens with zero attached hydrogens (tertiary/aromatic N) is 1. The van der Waals surface area contributed by atoms with Gasteiger partial charge in [0.05, 0.1) is 17.5 Å². The molecule has 0 radical (unpaired) electrons. The molecule has 3 N–H and O–H groups in total. The third-order valence-corrected chi connectivity index (χ3v) is 4.74. The number of benzene rings is 3. The quantitative estimate of drug-likeness (QED) is 0.259. The summed E-state index contributed by atoms with van der Waals surface area (Å²) in [7, 11) is 0. The van der Waals surface area contributed by atoms with Gasteiger partial charge in [-0.25, -0.2) is 5.43 Å². The summed E-state index contributed by atoms with van der Waals surface area (Å²) < 4.78 is 44.4. The number of ether oxygens (including phenoxy) is 1. The standard InChI is InChI=1S/C25H21F3N4O4/c1-16-6-2-4-8-20(16)31-23(34)24(35)32-29-14-17-10-12-18(13-11-17)36-15-22(33)30-21-9-5-3-7-19(21)25(26,27)28/h2-14H,15H2,1H3,(H,30,33)(H,31,34)(H,32,35)/b29-14-. The van der Waals surface area contributed by atoms with Crippen molar-refractivity contribution in [1.29, 1.82) is 0 Å². The van der Waals surface area contributed by atoms with E-state index in [4.69, 9.17) is 4.74 Å². The van der Waals surface area contributed by atoms with Crippen LogP contribution in [0.5, 0.6) is 5.75 Å². The molecule has 0 saturated heterocycles. The van der Waals surface area contributed by atoms with E-state index >= 15 is 0 Å². The number of para-hydroxylation sites is 2. The molecule has 8 nitrogen and oxygen atoms in total. The average molecular weight is 498 g/mol. The molecular formula is C25H21F3N4O4. The minimum atomic E-state index is -4.60. The van der Waals surface area contributed by atoms with Gasteiger partial charge in [-0.15, -0.1) is 0 Å². The monoisotopic (exact) mass is 498 g/mol. The summed E-state index contributed by atoms with van der Waals surface area (Å²) in [6.07, 6.45) is -3.31. The number of aryl methyl sites for hydroxylation is 1. The maximum atomic E-state index is 13.0. The Labute approximate surface area is 204 Å². The third kappa shape index (κ3) is 7.42. The molecule has 36 heavy (non-hydrogen) atoms. The van der Waals surface area contributed by atoms with E-state index in [1.807, 2.05) is 0 Å². The van der Waals surface area contributed by atoms with Crippen molar-refractivity contribution in [2.75, 3.05) is 17.2 Å². The van der Waals surface area contributed by atoms with E-state index in [0.717, 1.165) is 17.7 Å². The first-order chi connectivity index (χ1) is 17.1. The number of alkyl halides is 3. The highest BCUT2D eigenvalue weighted by atomic mass is 19.4. The summed E-state index contributed by atoms with van der Waals surface area (Å²) in [4.78, 5) is 35.9. The number of amides is 3. The van der Waals surface area contributed by atoms with Gasteiger partial charge in [0, 0.05) is 5.69 Å². The molecule has 0 saturated carbocycles. The molecule has 3 aromatic carbocycles. The van der Waals surface area contributed by atoms with Crippen molar-refractivity contribution in [3.63, 3.8) is 0 Å². The number of carbonyl (C=O) groups is 3. The minimum Gasteiger partial charge on any atom is -0.484 e. The molecule has 0 heterocycles. The average Bonchev–Trinajstić information content (AvgIpc) is 2.84. The van der Waals surface area contributed by atoms with Gasteiger partial charge in [0.1, 0.15) is 5.75 Å². The predicted molar refractivity (Wildman–Crippen MR) is 128 cm³/mol. The van der Waals surface area contributed by atoms with Gasteiger partial charge in [-0.05, 0) is 60.5 Å². The summed E-state index contributed by atoms with van der Waals surface area (Å²) in [6, 6.07) is 17.8. The number of hydrazone groups is 1. The number of nitrogens with one attached hydrogen (secondary N) is 3. The SMILES string of the molecule is Cc1ccccc1NC(=O)C(=O)N/N=C\c1ccc(OCC(=O)Nc2ccccc2C(F)(F)F)cc1. The van der Waals surface area contributed by atoms with Crippen LogP contribution in [0.4, 0.5) is 24.5 Å². The van der Waals surface area contributed by atoms with Crippen LogP contribution in [-0.4, -0.2) is 30.5 Å². The summed E-state index contributed by atoms with van der Waals surface area (Å²) in [5.74, 6) is -2.30. The summed E-state index contributed by atoms with van der Waals surface area (Å²) in [6.45, 7) is 1.28. The Hall–Kier alpha value is -4.67. The fraction of sp³-hybridized carbons (Fsp3) is 0.120. The highest BCUT2D eigenvalue weighted by Crippen LogP contribution is 2.34. The zero-order chi connectivity index (χ0) is 26.1. The van der Waals surface area contributed by atoms with Crippen molar-refractivity contribution in [1.82, 2.24) is 5.43 Å². The van der Waals surface area contributed by atoms with E-state index in [1.165, 1.54) is 30.5 Å². The van der Waals surface area contributed by atoms with Crippen molar-refractivity contribution < 1.29 is 32.3 Å². The number of anilines is 2. The van der Waals surface area contributed by atoms with Gasteiger partial charge >= 0.3 is 18.0 Å². The van der Waals surface area contributed by atoms with Gasteiger partial charge in [0.25, 0.3) is 5.91 Å². The molecule has 3 aromatic rings. The predicted octanol–water partition coefficient (Wildman–Crippen LogP) is 4.12. The summed E-state index contributed by atoms with van der Waals surface area (Å²) >= 11 is 0. The lowest BCUT2D eigenvalue weighted by Crippen LogP contribution is -2.32. The minimum absolute atomic E-state index is 0.285. The molecule has 11 heteroatoms. The van der Waals surface area contributed by atoms with Crippen LogP contribution in [0.25, 0.3) is 0 Å². The Balaban J connectivity index is 1.47. The highest BCUT2D eigenvalue weighted by molar-refractivity contribution is 6.39. The first-order valence-corrected chi connectivity index (χ1v) is 10.5. The lowest BCUT2D eigenvalue weighted by molar-refractivity contribution is -0.137. The second-order valence-corrected chi connectivity index (χ2v) is 7.42. The molecule has 0 bridgehead atoms.